The Kier molecular flexibility index (Phi) is 4.74. The first kappa shape index (κ1) is 15.7. The molecule has 0 aliphatic rings. The molecule has 0 saturated carbocycles. The Balaban J connectivity index is 1.56. The van der Waals surface area contributed by atoms with Crippen molar-refractivity contribution in [3.63, 3.8) is 0 Å². The van der Waals surface area contributed by atoms with E-state index in [4.69, 9.17) is 0 Å². The van der Waals surface area contributed by atoms with E-state index in [0.29, 0.717) is 21.5 Å². The van der Waals surface area contributed by atoms with Crippen LogP contribution in [0.2, 0.25) is 0 Å². The topological polar surface area (TPSA) is 96.9 Å². The number of nitrogens with one attached hydrogen (secondary N) is 2. The van der Waals surface area contributed by atoms with Crippen molar-refractivity contribution in [3.8, 4) is 0 Å². The summed E-state index contributed by atoms with van der Waals surface area (Å²) in [7, 11) is 0. The average Bonchev–Trinajstić information content (AvgIpc) is 3.21. The minimum atomic E-state index is -0.220. The Bertz CT molecular complexity index is 824. The van der Waals surface area contributed by atoms with Crippen molar-refractivity contribution in [2.24, 2.45) is 0 Å². The monoisotopic (exact) mass is 365 g/mol. The maximum absolute atomic E-state index is 11.9. The van der Waals surface area contributed by atoms with E-state index in [9.17, 15) is 9.59 Å². The fraction of sp³-hybridized carbons (Fsp3) is 0.154. The zero-order valence-corrected chi connectivity index (χ0v) is 14.3. The molecular formula is C13H11N5O2S3. The number of amides is 2. The summed E-state index contributed by atoms with van der Waals surface area (Å²) < 4.78 is 0. The van der Waals surface area contributed by atoms with Crippen LogP contribution >= 0.6 is 34.0 Å². The minimum Gasteiger partial charge on any atom is -0.300 e. The van der Waals surface area contributed by atoms with Gasteiger partial charge in [-0.25, -0.2) is 4.98 Å². The molecule has 2 amide bonds. The number of hydrogen-bond donors (Lipinski definition) is 2. The zero-order valence-electron chi connectivity index (χ0n) is 11.9. The van der Waals surface area contributed by atoms with E-state index in [1.54, 1.807) is 16.8 Å². The second-order valence-electron chi connectivity index (χ2n) is 4.46. The Morgan fingerprint density at radius 3 is 2.74 bits per heavy atom. The van der Waals surface area contributed by atoms with E-state index in [0.717, 1.165) is 5.01 Å². The van der Waals surface area contributed by atoms with Crippen molar-refractivity contribution in [2.45, 2.75) is 13.3 Å². The Labute approximate surface area is 143 Å². The van der Waals surface area contributed by atoms with Gasteiger partial charge < -0.3 is 5.32 Å². The lowest BCUT2D eigenvalue weighted by Gasteiger charge is -1.99. The number of carbonyl (C=O) groups is 2. The van der Waals surface area contributed by atoms with Gasteiger partial charge in [-0.3, -0.25) is 14.9 Å². The summed E-state index contributed by atoms with van der Waals surface area (Å²) in [6.07, 6.45) is 0.115. The molecule has 23 heavy (non-hydrogen) atoms. The van der Waals surface area contributed by atoms with Gasteiger partial charge in [0.25, 0.3) is 5.91 Å². The second kappa shape index (κ2) is 6.94. The van der Waals surface area contributed by atoms with Crippen LogP contribution in [0.15, 0.2) is 22.2 Å². The predicted octanol–water partition coefficient (Wildman–Crippen LogP) is 2.80. The molecule has 0 atom stereocenters. The van der Waals surface area contributed by atoms with Crippen LogP contribution in [0.3, 0.4) is 0 Å². The predicted molar refractivity (Wildman–Crippen MR) is 91.4 cm³/mol. The van der Waals surface area contributed by atoms with Gasteiger partial charge in [-0.05, 0) is 18.4 Å². The number of aromatic nitrogens is 3. The number of nitrogens with zero attached hydrogens (tertiary/aromatic N) is 3. The van der Waals surface area contributed by atoms with Crippen molar-refractivity contribution in [1.29, 1.82) is 0 Å². The van der Waals surface area contributed by atoms with Crippen LogP contribution in [-0.2, 0) is 11.2 Å². The largest absolute Gasteiger partial charge is 0.300 e. The van der Waals surface area contributed by atoms with Gasteiger partial charge in [0.05, 0.1) is 17.7 Å². The normalized spacial score (nSPS) is 10.5. The highest BCUT2D eigenvalue weighted by molar-refractivity contribution is 7.15. The molecule has 3 aromatic heterocycles. The van der Waals surface area contributed by atoms with Crippen molar-refractivity contribution in [1.82, 2.24) is 15.2 Å². The third kappa shape index (κ3) is 4.18. The Morgan fingerprint density at radius 2 is 2.04 bits per heavy atom. The quantitative estimate of drug-likeness (QED) is 0.725. The molecule has 0 aliphatic heterocycles. The summed E-state index contributed by atoms with van der Waals surface area (Å²) in [5.74, 6) is -0.428. The van der Waals surface area contributed by atoms with Crippen LogP contribution in [0, 0.1) is 6.92 Å². The third-order valence-electron chi connectivity index (χ3n) is 2.67. The van der Waals surface area contributed by atoms with Crippen LogP contribution in [0.25, 0.3) is 0 Å². The lowest BCUT2D eigenvalue weighted by Crippen LogP contribution is -2.15. The minimum absolute atomic E-state index is 0.115. The maximum atomic E-state index is 11.9. The van der Waals surface area contributed by atoms with Crippen LogP contribution in [0.5, 0.6) is 0 Å². The van der Waals surface area contributed by atoms with E-state index < -0.39 is 0 Å². The van der Waals surface area contributed by atoms with Crippen molar-refractivity contribution in [2.75, 3.05) is 10.6 Å². The number of aryl methyl sites for hydroxylation is 1. The Hall–Kier alpha value is -2.17. The summed E-state index contributed by atoms with van der Waals surface area (Å²) >= 11 is 4.05. The maximum Gasteiger partial charge on any atom is 0.258 e. The summed E-state index contributed by atoms with van der Waals surface area (Å²) in [6.45, 7) is 1.82. The summed E-state index contributed by atoms with van der Waals surface area (Å²) in [6, 6.07) is 1.74. The van der Waals surface area contributed by atoms with Gasteiger partial charge in [-0.1, -0.05) is 11.3 Å². The van der Waals surface area contributed by atoms with Gasteiger partial charge in [0.2, 0.25) is 11.0 Å². The first-order valence-electron chi connectivity index (χ1n) is 6.48. The fourth-order valence-electron chi connectivity index (χ4n) is 1.68. The molecule has 7 nitrogen and oxygen atoms in total. The highest BCUT2D eigenvalue weighted by Gasteiger charge is 2.12. The van der Waals surface area contributed by atoms with Gasteiger partial charge in [-0.2, -0.15) is 11.3 Å². The highest BCUT2D eigenvalue weighted by atomic mass is 32.1. The highest BCUT2D eigenvalue weighted by Crippen LogP contribution is 2.19. The van der Waals surface area contributed by atoms with Crippen LogP contribution in [-0.4, -0.2) is 27.0 Å². The molecule has 0 saturated heterocycles. The van der Waals surface area contributed by atoms with Gasteiger partial charge in [-0.15, -0.1) is 21.5 Å². The number of anilines is 2. The molecule has 2 N–H and O–H groups in total. The van der Waals surface area contributed by atoms with Gasteiger partial charge in [0.1, 0.15) is 5.01 Å². The molecule has 10 heteroatoms. The summed E-state index contributed by atoms with van der Waals surface area (Å²) in [5.41, 5.74) is 1.19. The summed E-state index contributed by atoms with van der Waals surface area (Å²) in [5, 5.41) is 20.1. The smallest absolute Gasteiger partial charge is 0.258 e. The molecule has 0 aromatic carbocycles. The van der Waals surface area contributed by atoms with Crippen molar-refractivity contribution in [3.05, 3.63) is 38.5 Å². The van der Waals surface area contributed by atoms with Crippen LogP contribution < -0.4 is 10.6 Å². The second-order valence-corrected chi connectivity index (χ2v) is 7.28. The van der Waals surface area contributed by atoms with Crippen molar-refractivity contribution < 1.29 is 9.59 Å². The summed E-state index contributed by atoms with van der Waals surface area (Å²) in [4.78, 5) is 28.1. The third-order valence-corrected chi connectivity index (χ3v) is 4.91. The molecule has 0 spiro atoms. The SMILES string of the molecule is Cc1nnc(NC(=O)Cc2csc(NC(=O)c3ccsc3)n2)s1. The number of hydrogen-bond acceptors (Lipinski definition) is 8. The Morgan fingerprint density at radius 1 is 1.17 bits per heavy atom. The molecule has 3 heterocycles. The standard InChI is InChI=1S/C13H11N5O2S3/c1-7-17-18-13(23-7)15-10(19)4-9-6-22-12(14-9)16-11(20)8-2-3-21-5-8/h2-3,5-6H,4H2,1H3,(H,14,16,20)(H,15,18,19). The molecule has 0 unspecified atom stereocenters. The fourth-order valence-corrected chi connectivity index (χ4v) is 3.63. The van der Waals surface area contributed by atoms with Gasteiger partial charge in [0.15, 0.2) is 5.13 Å². The number of rotatable bonds is 5. The molecule has 118 valence electrons. The number of thiazole rings is 1. The molecule has 0 fully saturated rings. The first-order valence-corrected chi connectivity index (χ1v) is 9.12. The van der Waals surface area contributed by atoms with Gasteiger partial charge in [0, 0.05) is 10.8 Å². The molecule has 0 radical (unpaired) electrons. The number of thiophene rings is 1. The molecule has 3 rings (SSSR count). The number of carbonyl (C=O) groups excluding carboxylic acids is 2. The van der Waals surface area contributed by atoms with E-state index in [1.807, 2.05) is 12.3 Å². The van der Waals surface area contributed by atoms with E-state index in [-0.39, 0.29) is 18.2 Å². The molecule has 0 aliphatic carbocycles. The van der Waals surface area contributed by atoms with Crippen LogP contribution in [0.1, 0.15) is 21.1 Å². The van der Waals surface area contributed by atoms with E-state index >= 15 is 0 Å². The first-order chi connectivity index (χ1) is 11.1. The van der Waals surface area contributed by atoms with Crippen LogP contribution in [0.4, 0.5) is 10.3 Å². The van der Waals surface area contributed by atoms with Gasteiger partial charge >= 0.3 is 0 Å². The average molecular weight is 365 g/mol. The molecule has 0 bridgehead atoms. The molecule has 3 aromatic rings. The molecular weight excluding hydrogens is 354 g/mol. The van der Waals surface area contributed by atoms with E-state index in [1.165, 1.54) is 34.0 Å². The van der Waals surface area contributed by atoms with Crippen molar-refractivity contribution >= 4 is 56.1 Å². The zero-order chi connectivity index (χ0) is 16.2. The van der Waals surface area contributed by atoms with E-state index in [2.05, 4.69) is 25.8 Å². The lowest BCUT2D eigenvalue weighted by molar-refractivity contribution is -0.115. The lowest BCUT2D eigenvalue weighted by atomic mass is 10.3.